The number of benzene rings is 1. The van der Waals surface area contributed by atoms with E-state index in [1.54, 1.807) is 25.4 Å². The Labute approximate surface area is 168 Å². The van der Waals surface area contributed by atoms with Crippen molar-refractivity contribution in [3.63, 3.8) is 0 Å². The van der Waals surface area contributed by atoms with Crippen molar-refractivity contribution in [3.8, 4) is 11.3 Å². The molecule has 2 heterocycles. The SMILES string of the molecule is COC[C@H](C)n1c(C)cc(C(=O)CSc2ncc(-c3ccc(F)cc3)[nH]2)c1C. The number of nitrogens with one attached hydrogen (secondary N) is 1. The lowest BCUT2D eigenvalue weighted by Gasteiger charge is -2.17. The van der Waals surface area contributed by atoms with Crippen LogP contribution in [-0.4, -0.2) is 39.8 Å². The fourth-order valence-corrected chi connectivity index (χ4v) is 4.15. The highest BCUT2D eigenvalue weighted by molar-refractivity contribution is 7.99. The smallest absolute Gasteiger partial charge is 0.175 e. The summed E-state index contributed by atoms with van der Waals surface area (Å²) < 4.78 is 20.4. The molecule has 0 fully saturated rings. The Bertz CT molecular complexity index is 963. The van der Waals surface area contributed by atoms with Gasteiger partial charge in [0, 0.05) is 24.1 Å². The number of aryl methyl sites for hydroxylation is 1. The molecule has 0 aliphatic rings. The summed E-state index contributed by atoms with van der Waals surface area (Å²) in [6.45, 7) is 6.64. The molecule has 2 aromatic heterocycles. The van der Waals surface area contributed by atoms with Gasteiger partial charge in [-0.25, -0.2) is 9.37 Å². The number of ether oxygens (including phenoxy) is 1. The predicted octanol–water partition coefficient (Wildman–Crippen LogP) is 4.82. The number of nitrogens with zero attached hydrogens (tertiary/aromatic N) is 2. The van der Waals surface area contributed by atoms with Crippen LogP contribution < -0.4 is 0 Å². The number of imidazole rings is 1. The van der Waals surface area contributed by atoms with E-state index in [1.807, 2.05) is 19.9 Å². The van der Waals surface area contributed by atoms with Gasteiger partial charge < -0.3 is 14.3 Å². The number of aromatic nitrogens is 3. The molecule has 148 valence electrons. The molecule has 0 spiro atoms. The number of Topliss-reactive ketones (excluding diaryl/α,β-unsaturated/α-hetero) is 1. The van der Waals surface area contributed by atoms with Crippen LogP contribution in [0.3, 0.4) is 0 Å². The fourth-order valence-electron chi connectivity index (χ4n) is 3.42. The van der Waals surface area contributed by atoms with E-state index in [0.29, 0.717) is 17.5 Å². The third-order valence-electron chi connectivity index (χ3n) is 4.68. The summed E-state index contributed by atoms with van der Waals surface area (Å²) >= 11 is 1.36. The Kier molecular flexibility index (Phi) is 6.36. The number of hydrogen-bond acceptors (Lipinski definition) is 4. The molecule has 28 heavy (non-hydrogen) atoms. The summed E-state index contributed by atoms with van der Waals surface area (Å²) in [7, 11) is 1.68. The standard InChI is InChI=1S/C21H24FN3O2S/c1-13-9-18(15(3)25(13)14(2)11-27-4)20(26)12-28-21-23-10-19(24-21)16-5-7-17(22)8-6-16/h5-10,14H,11-12H2,1-4H3,(H,23,24)/t14-/m0/s1. The second kappa shape index (κ2) is 8.75. The Balaban J connectivity index is 1.68. The molecular weight excluding hydrogens is 377 g/mol. The first-order chi connectivity index (χ1) is 13.4. The molecule has 1 atom stereocenters. The number of halogens is 1. The van der Waals surface area contributed by atoms with Crippen molar-refractivity contribution >= 4 is 17.5 Å². The Morgan fingerprint density at radius 1 is 1.32 bits per heavy atom. The lowest BCUT2D eigenvalue weighted by atomic mass is 10.2. The Hall–Kier alpha value is -2.38. The van der Waals surface area contributed by atoms with Gasteiger partial charge in [-0.05, 0) is 56.7 Å². The van der Waals surface area contributed by atoms with E-state index in [1.165, 1.54) is 23.9 Å². The number of thioether (sulfide) groups is 1. The van der Waals surface area contributed by atoms with Crippen LogP contribution in [0.1, 0.15) is 34.7 Å². The Morgan fingerprint density at radius 2 is 2.04 bits per heavy atom. The average Bonchev–Trinajstić information content (AvgIpc) is 3.25. The number of ketones is 1. The Morgan fingerprint density at radius 3 is 2.71 bits per heavy atom. The minimum atomic E-state index is -0.277. The van der Waals surface area contributed by atoms with Crippen LogP contribution in [0.4, 0.5) is 4.39 Å². The molecule has 1 aromatic carbocycles. The molecule has 0 saturated carbocycles. The number of carbonyl (C=O) groups excluding carboxylic acids is 1. The number of carbonyl (C=O) groups is 1. The zero-order chi connectivity index (χ0) is 20.3. The number of rotatable bonds is 8. The van der Waals surface area contributed by atoms with E-state index >= 15 is 0 Å². The van der Waals surface area contributed by atoms with E-state index < -0.39 is 0 Å². The van der Waals surface area contributed by atoms with Crippen molar-refractivity contribution in [1.29, 1.82) is 0 Å². The number of aromatic amines is 1. The summed E-state index contributed by atoms with van der Waals surface area (Å²) in [5, 5.41) is 0.661. The van der Waals surface area contributed by atoms with Gasteiger partial charge in [-0.15, -0.1) is 0 Å². The second-order valence-electron chi connectivity index (χ2n) is 6.78. The zero-order valence-corrected chi connectivity index (χ0v) is 17.3. The van der Waals surface area contributed by atoms with Crippen molar-refractivity contribution in [3.05, 3.63) is 59.3 Å². The molecule has 3 rings (SSSR count). The minimum absolute atomic E-state index is 0.0636. The van der Waals surface area contributed by atoms with Crippen LogP contribution in [0.25, 0.3) is 11.3 Å². The average molecular weight is 402 g/mol. The van der Waals surface area contributed by atoms with Gasteiger partial charge in [0.25, 0.3) is 0 Å². The molecular formula is C21H24FN3O2S. The molecule has 0 saturated heterocycles. The first-order valence-corrected chi connectivity index (χ1v) is 10.0. The highest BCUT2D eigenvalue weighted by atomic mass is 32.2. The van der Waals surface area contributed by atoms with Crippen molar-refractivity contribution < 1.29 is 13.9 Å². The molecule has 3 aromatic rings. The second-order valence-corrected chi connectivity index (χ2v) is 7.74. The topological polar surface area (TPSA) is 59.9 Å². The van der Waals surface area contributed by atoms with Crippen LogP contribution in [0, 0.1) is 19.7 Å². The lowest BCUT2D eigenvalue weighted by Crippen LogP contribution is -2.14. The van der Waals surface area contributed by atoms with E-state index in [0.717, 1.165) is 28.2 Å². The van der Waals surface area contributed by atoms with Crippen molar-refractivity contribution in [2.75, 3.05) is 19.5 Å². The minimum Gasteiger partial charge on any atom is -0.383 e. The molecule has 0 bridgehead atoms. The summed E-state index contributed by atoms with van der Waals surface area (Å²) in [5.74, 6) is 0.0776. The van der Waals surface area contributed by atoms with Gasteiger partial charge in [0.1, 0.15) is 5.82 Å². The normalized spacial score (nSPS) is 12.3. The maximum atomic E-state index is 13.1. The summed E-state index contributed by atoms with van der Waals surface area (Å²) in [6, 6.07) is 8.32. The van der Waals surface area contributed by atoms with Crippen molar-refractivity contribution in [2.24, 2.45) is 0 Å². The quantitative estimate of drug-likeness (QED) is 0.434. The van der Waals surface area contributed by atoms with Crippen molar-refractivity contribution in [2.45, 2.75) is 32.0 Å². The molecule has 0 radical (unpaired) electrons. The lowest BCUT2D eigenvalue weighted by molar-refractivity contribution is 0.102. The van der Waals surface area contributed by atoms with Crippen molar-refractivity contribution in [1.82, 2.24) is 14.5 Å². The summed E-state index contributed by atoms with van der Waals surface area (Å²) in [5.41, 5.74) is 4.38. The van der Waals surface area contributed by atoms with Gasteiger partial charge in [-0.2, -0.15) is 0 Å². The number of H-pyrrole nitrogens is 1. The molecule has 0 aliphatic heterocycles. The molecule has 1 N–H and O–H groups in total. The first-order valence-electron chi connectivity index (χ1n) is 9.05. The van der Waals surface area contributed by atoms with Gasteiger partial charge in [0.05, 0.1) is 30.3 Å². The third kappa shape index (κ3) is 4.36. The number of methoxy groups -OCH3 is 1. The summed E-state index contributed by atoms with van der Waals surface area (Å²) in [4.78, 5) is 20.2. The molecule has 0 amide bonds. The first kappa shape index (κ1) is 20.4. The molecule has 0 unspecified atom stereocenters. The molecule has 0 aliphatic carbocycles. The third-order valence-corrected chi connectivity index (χ3v) is 5.57. The monoisotopic (exact) mass is 401 g/mol. The maximum Gasteiger partial charge on any atom is 0.175 e. The van der Waals surface area contributed by atoms with Crippen LogP contribution in [0.5, 0.6) is 0 Å². The zero-order valence-electron chi connectivity index (χ0n) is 16.5. The van der Waals surface area contributed by atoms with Gasteiger partial charge in [-0.1, -0.05) is 11.8 Å². The van der Waals surface area contributed by atoms with Crippen LogP contribution in [0.15, 0.2) is 41.7 Å². The van der Waals surface area contributed by atoms with E-state index in [4.69, 9.17) is 4.74 Å². The largest absolute Gasteiger partial charge is 0.383 e. The molecule has 5 nitrogen and oxygen atoms in total. The molecule has 7 heteroatoms. The predicted molar refractivity (Wildman–Crippen MR) is 110 cm³/mol. The number of hydrogen-bond donors (Lipinski definition) is 1. The highest BCUT2D eigenvalue weighted by Gasteiger charge is 2.19. The van der Waals surface area contributed by atoms with E-state index in [-0.39, 0.29) is 17.6 Å². The maximum absolute atomic E-state index is 13.1. The van der Waals surface area contributed by atoms with Gasteiger partial charge in [0.2, 0.25) is 0 Å². The van der Waals surface area contributed by atoms with E-state index in [2.05, 4.69) is 21.5 Å². The van der Waals surface area contributed by atoms with Crippen LogP contribution >= 0.6 is 11.8 Å². The fraction of sp³-hybridized carbons (Fsp3) is 0.333. The van der Waals surface area contributed by atoms with Crippen LogP contribution in [0.2, 0.25) is 0 Å². The van der Waals surface area contributed by atoms with Gasteiger partial charge >= 0.3 is 0 Å². The van der Waals surface area contributed by atoms with Crippen LogP contribution in [-0.2, 0) is 4.74 Å². The highest BCUT2D eigenvalue weighted by Crippen LogP contribution is 2.25. The van der Waals surface area contributed by atoms with Gasteiger partial charge in [0.15, 0.2) is 10.9 Å². The van der Waals surface area contributed by atoms with Gasteiger partial charge in [-0.3, -0.25) is 4.79 Å². The van der Waals surface area contributed by atoms with E-state index in [9.17, 15) is 9.18 Å². The summed E-state index contributed by atoms with van der Waals surface area (Å²) in [6.07, 6.45) is 1.69.